The monoisotopic (exact) mass is 296 g/mol. The van der Waals surface area contributed by atoms with Gasteiger partial charge in [-0.25, -0.2) is 0 Å². The van der Waals surface area contributed by atoms with Crippen LogP contribution in [0.25, 0.3) is 0 Å². The second-order valence-electron chi connectivity index (χ2n) is 5.04. The van der Waals surface area contributed by atoms with Crippen LogP contribution in [0.4, 0.5) is 0 Å². The van der Waals surface area contributed by atoms with Crippen LogP contribution in [0, 0.1) is 0 Å². The number of hydrogen-bond donors (Lipinski definition) is 3. The van der Waals surface area contributed by atoms with E-state index in [1.807, 2.05) is 0 Å². The second-order valence-corrected chi connectivity index (χ2v) is 5.04. The van der Waals surface area contributed by atoms with Crippen LogP contribution < -0.4 is 10.2 Å². The molecule has 2 aliphatic heterocycles. The van der Waals surface area contributed by atoms with Crippen LogP contribution in [-0.4, -0.2) is 66.9 Å². The lowest BCUT2D eigenvalue weighted by Crippen LogP contribution is -2.68. The lowest BCUT2D eigenvalue weighted by Gasteiger charge is -2.47. The van der Waals surface area contributed by atoms with Crippen LogP contribution >= 0.6 is 0 Å². The maximum atomic E-state index is 10.1. The van der Waals surface area contributed by atoms with Crippen molar-refractivity contribution in [3.63, 3.8) is 0 Å². The van der Waals surface area contributed by atoms with Crippen LogP contribution in [0.3, 0.4) is 0 Å². The number of fused-ring (bicyclic) bond motifs is 2. The van der Waals surface area contributed by atoms with Crippen LogP contribution in [0.1, 0.15) is 0 Å². The van der Waals surface area contributed by atoms with E-state index >= 15 is 0 Å². The highest BCUT2D eigenvalue weighted by molar-refractivity contribution is 6.61. The summed E-state index contributed by atoms with van der Waals surface area (Å²) in [5.41, 5.74) is 0.725. The van der Waals surface area contributed by atoms with E-state index < -0.39 is 37.8 Å². The minimum absolute atomic E-state index is 0.360. The molecule has 1 aromatic carbocycles. The van der Waals surface area contributed by atoms with Gasteiger partial charge in [-0.2, -0.15) is 0 Å². The normalized spacial score (nSPS) is 35.6. The Bertz CT molecular complexity index is 480. The fourth-order valence-corrected chi connectivity index (χ4v) is 2.61. The fourth-order valence-electron chi connectivity index (χ4n) is 2.61. The van der Waals surface area contributed by atoms with Crippen molar-refractivity contribution in [2.45, 2.75) is 30.7 Å². The van der Waals surface area contributed by atoms with Gasteiger partial charge >= 0.3 is 7.12 Å². The Morgan fingerprint density at radius 2 is 1.81 bits per heavy atom. The van der Waals surface area contributed by atoms with Gasteiger partial charge in [-0.05, 0) is 17.6 Å². The molecule has 3 N–H and O–H groups in total. The molecule has 2 fully saturated rings. The lowest BCUT2D eigenvalue weighted by atomic mass is 9.75. The molecule has 2 heterocycles. The zero-order valence-corrected chi connectivity index (χ0v) is 11.5. The summed E-state index contributed by atoms with van der Waals surface area (Å²) in [5.74, 6) is 0.700. The first-order valence-corrected chi connectivity index (χ1v) is 6.71. The molecule has 5 atom stereocenters. The molecule has 0 radical (unpaired) electrons. The third-order valence-corrected chi connectivity index (χ3v) is 3.76. The number of benzene rings is 1. The molecule has 1 aromatic rings. The first kappa shape index (κ1) is 14.8. The Labute approximate surface area is 122 Å². The zero-order valence-electron chi connectivity index (χ0n) is 11.5. The predicted molar refractivity (Wildman–Crippen MR) is 72.1 cm³/mol. The van der Waals surface area contributed by atoms with E-state index in [-0.39, 0.29) is 6.61 Å². The Morgan fingerprint density at radius 3 is 2.43 bits per heavy atom. The molecule has 2 bridgehead atoms. The molecule has 2 aliphatic rings. The Morgan fingerprint density at radius 1 is 1.14 bits per heavy atom. The summed E-state index contributed by atoms with van der Waals surface area (Å²) in [6.07, 6.45) is -4.84. The Kier molecular flexibility index (Phi) is 4.16. The summed E-state index contributed by atoms with van der Waals surface area (Å²) in [5, 5.41) is 29.2. The molecule has 7 nitrogen and oxygen atoms in total. The summed E-state index contributed by atoms with van der Waals surface area (Å²) in [7, 11) is 0.824. The number of methoxy groups -OCH3 is 1. The van der Waals surface area contributed by atoms with Crippen molar-refractivity contribution in [2.75, 3.05) is 13.7 Å². The van der Waals surface area contributed by atoms with Gasteiger partial charge in [0.2, 0.25) is 0 Å². The highest BCUT2D eigenvalue weighted by Gasteiger charge is 2.52. The van der Waals surface area contributed by atoms with Crippen molar-refractivity contribution in [1.29, 1.82) is 0 Å². The number of ether oxygens (including phenoxy) is 2. The minimum atomic E-state index is -1.31. The van der Waals surface area contributed by atoms with Crippen molar-refractivity contribution in [3.05, 3.63) is 24.3 Å². The molecule has 0 saturated carbocycles. The van der Waals surface area contributed by atoms with Crippen LogP contribution in [0.2, 0.25) is 0 Å². The zero-order chi connectivity index (χ0) is 15.0. The third kappa shape index (κ3) is 2.66. The average Bonchev–Trinajstić information content (AvgIpc) is 2.51. The molecule has 3 rings (SSSR count). The Hall–Kier alpha value is -1.16. The maximum Gasteiger partial charge on any atom is 0.494 e. The van der Waals surface area contributed by atoms with Crippen molar-refractivity contribution in [3.8, 4) is 5.75 Å². The van der Waals surface area contributed by atoms with E-state index in [0.717, 1.165) is 5.46 Å². The van der Waals surface area contributed by atoms with E-state index in [1.165, 1.54) is 0 Å². The smallest absolute Gasteiger partial charge is 0.494 e. The maximum absolute atomic E-state index is 10.1. The number of aliphatic hydroxyl groups is 3. The highest BCUT2D eigenvalue weighted by atomic mass is 16.7. The summed E-state index contributed by atoms with van der Waals surface area (Å²) in [6.45, 7) is -0.360. The molecule has 0 aliphatic carbocycles. The van der Waals surface area contributed by atoms with Gasteiger partial charge in [-0.15, -0.1) is 0 Å². The van der Waals surface area contributed by atoms with Gasteiger partial charge in [0.05, 0.1) is 13.7 Å². The summed E-state index contributed by atoms with van der Waals surface area (Å²) in [6, 6.07) is 7.08. The van der Waals surface area contributed by atoms with E-state index in [2.05, 4.69) is 0 Å². The Balaban J connectivity index is 1.82. The molecule has 1 unspecified atom stereocenters. The molecular weight excluding hydrogens is 279 g/mol. The van der Waals surface area contributed by atoms with Crippen molar-refractivity contribution in [1.82, 2.24) is 0 Å². The van der Waals surface area contributed by atoms with E-state index in [1.54, 1.807) is 31.4 Å². The standard InChI is InChI=1S/C13H17BO7/c1-18-8-4-2-7(3-5-8)14-20-11-9(6-15)19-13(17)12(21-14)10(11)16/h2-5,9-13,15-17H,6H2,1H3/t9-,10+,11-,12-,13?/m1/s1. The molecule has 0 amide bonds. The van der Waals surface area contributed by atoms with Gasteiger partial charge in [0.1, 0.15) is 30.2 Å². The van der Waals surface area contributed by atoms with E-state index in [4.69, 9.17) is 18.8 Å². The quantitative estimate of drug-likeness (QED) is 0.569. The highest BCUT2D eigenvalue weighted by Crippen LogP contribution is 2.29. The number of aliphatic hydroxyl groups excluding tert-OH is 3. The minimum Gasteiger partial charge on any atom is -0.497 e. The molecule has 8 heteroatoms. The van der Waals surface area contributed by atoms with Crippen LogP contribution in [0.5, 0.6) is 5.75 Å². The summed E-state index contributed by atoms with van der Waals surface area (Å²) >= 11 is 0. The van der Waals surface area contributed by atoms with Crippen LogP contribution in [0.15, 0.2) is 24.3 Å². The van der Waals surface area contributed by atoms with Gasteiger partial charge in [0.15, 0.2) is 6.29 Å². The largest absolute Gasteiger partial charge is 0.497 e. The van der Waals surface area contributed by atoms with E-state index in [9.17, 15) is 15.3 Å². The van der Waals surface area contributed by atoms with Gasteiger partial charge in [0.25, 0.3) is 0 Å². The fraction of sp³-hybridized carbons (Fsp3) is 0.538. The van der Waals surface area contributed by atoms with Crippen molar-refractivity contribution >= 4 is 12.6 Å². The van der Waals surface area contributed by atoms with Gasteiger partial charge in [0, 0.05) is 0 Å². The lowest BCUT2D eigenvalue weighted by molar-refractivity contribution is -0.297. The van der Waals surface area contributed by atoms with Gasteiger partial charge in [-0.1, -0.05) is 12.1 Å². The molecular formula is C13H17BO7. The molecule has 0 aromatic heterocycles. The van der Waals surface area contributed by atoms with E-state index in [0.29, 0.717) is 5.75 Å². The SMILES string of the molecule is COc1ccc(B2O[C@H]3[C@H](O)[C@@H](O2)C(O)O[C@@H]3CO)cc1. The molecule has 0 spiro atoms. The second kappa shape index (κ2) is 5.92. The molecule has 114 valence electrons. The topological polar surface area (TPSA) is 97.6 Å². The van der Waals surface area contributed by atoms with Crippen LogP contribution in [-0.2, 0) is 14.0 Å². The number of hydrogen-bond acceptors (Lipinski definition) is 7. The van der Waals surface area contributed by atoms with Gasteiger partial charge < -0.3 is 34.1 Å². The first-order valence-electron chi connectivity index (χ1n) is 6.71. The first-order chi connectivity index (χ1) is 10.1. The summed E-state index contributed by atoms with van der Waals surface area (Å²) < 4.78 is 21.5. The third-order valence-electron chi connectivity index (χ3n) is 3.76. The van der Waals surface area contributed by atoms with Crippen molar-refractivity contribution < 1.29 is 34.1 Å². The number of rotatable bonds is 3. The summed E-state index contributed by atoms with van der Waals surface area (Å²) in [4.78, 5) is 0. The molecule has 2 saturated heterocycles. The van der Waals surface area contributed by atoms with Gasteiger partial charge in [-0.3, -0.25) is 0 Å². The van der Waals surface area contributed by atoms with Crippen molar-refractivity contribution in [2.24, 2.45) is 0 Å². The molecule has 21 heavy (non-hydrogen) atoms. The average molecular weight is 296 g/mol. The predicted octanol–water partition coefficient (Wildman–Crippen LogP) is -1.76.